The molecule has 0 bridgehead atoms. The van der Waals surface area contributed by atoms with E-state index in [-0.39, 0.29) is 16.6 Å². The molecule has 0 saturated heterocycles. The third-order valence-electron chi connectivity index (χ3n) is 2.54. The van der Waals surface area contributed by atoms with Crippen LogP contribution in [0.1, 0.15) is 30.1 Å². The molecule has 0 aliphatic heterocycles. The second-order valence-corrected chi connectivity index (χ2v) is 4.51. The highest BCUT2D eigenvalue weighted by Crippen LogP contribution is 2.20. The van der Waals surface area contributed by atoms with Gasteiger partial charge in [-0.05, 0) is 24.6 Å². The number of hydrogen-bond donors (Lipinski definition) is 3. The van der Waals surface area contributed by atoms with Crippen molar-refractivity contribution < 1.29 is 14.7 Å². The first-order valence-corrected chi connectivity index (χ1v) is 6.42. The minimum absolute atomic E-state index is 0.0773. The monoisotopic (exact) mass is 294 g/mol. The Bertz CT molecular complexity index is 552. The molecule has 106 valence electrons. The van der Waals surface area contributed by atoms with E-state index < -0.39 is 12.0 Å². The third-order valence-corrected chi connectivity index (χ3v) is 2.87. The van der Waals surface area contributed by atoms with Crippen LogP contribution in [0.2, 0.25) is 5.02 Å². The maximum Gasteiger partial charge on any atom is 0.337 e. The summed E-state index contributed by atoms with van der Waals surface area (Å²) in [5.41, 5.74) is 0.253. The molecule has 5 nitrogen and oxygen atoms in total. The van der Waals surface area contributed by atoms with Gasteiger partial charge in [-0.3, -0.25) is 0 Å². The zero-order chi connectivity index (χ0) is 15.1. The molecule has 6 heteroatoms. The fourth-order valence-electron chi connectivity index (χ4n) is 1.58. The molecule has 0 radical (unpaired) electrons. The van der Waals surface area contributed by atoms with Crippen LogP contribution in [-0.4, -0.2) is 23.1 Å². The number of aromatic carboxylic acids is 1. The number of carboxylic acids is 1. The van der Waals surface area contributed by atoms with E-state index in [1.807, 2.05) is 6.92 Å². The number of nitrogens with one attached hydrogen (secondary N) is 2. The first-order chi connectivity index (χ1) is 9.47. The van der Waals surface area contributed by atoms with E-state index in [9.17, 15) is 9.59 Å². The fraction of sp³-hybridized carbons (Fsp3) is 0.286. The van der Waals surface area contributed by atoms with Gasteiger partial charge in [-0.15, -0.1) is 6.42 Å². The van der Waals surface area contributed by atoms with Crippen molar-refractivity contribution in [3.63, 3.8) is 0 Å². The van der Waals surface area contributed by atoms with Crippen molar-refractivity contribution in [1.82, 2.24) is 5.32 Å². The van der Waals surface area contributed by atoms with Gasteiger partial charge in [0.15, 0.2) is 0 Å². The molecule has 0 fully saturated rings. The highest BCUT2D eigenvalue weighted by molar-refractivity contribution is 6.33. The zero-order valence-electron chi connectivity index (χ0n) is 10.9. The Morgan fingerprint density at radius 2 is 2.20 bits per heavy atom. The van der Waals surface area contributed by atoms with Gasteiger partial charge < -0.3 is 15.7 Å². The Hall–Kier alpha value is -2.19. The number of amides is 2. The minimum Gasteiger partial charge on any atom is -0.478 e. The van der Waals surface area contributed by atoms with Gasteiger partial charge in [-0.2, -0.15) is 0 Å². The van der Waals surface area contributed by atoms with Crippen LogP contribution in [0.4, 0.5) is 10.5 Å². The Balaban J connectivity index is 2.74. The number of urea groups is 1. The van der Waals surface area contributed by atoms with Gasteiger partial charge in [-0.25, -0.2) is 9.59 Å². The van der Waals surface area contributed by atoms with E-state index >= 15 is 0 Å². The van der Waals surface area contributed by atoms with E-state index in [4.69, 9.17) is 23.1 Å². The summed E-state index contributed by atoms with van der Waals surface area (Å²) in [6.45, 7) is 1.96. The average molecular weight is 295 g/mol. The van der Waals surface area contributed by atoms with Gasteiger partial charge in [-0.1, -0.05) is 30.9 Å². The Labute approximate surface area is 122 Å². The molecular weight excluding hydrogens is 280 g/mol. The van der Waals surface area contributed by atoms with Crippen molar-refractivity contribution in [2.45, 2.75) is 25.8 Å². The molecule has 0 aliphatic carbocycles. The lowest BCUT2D eigenvalue weighted by Gasteiger charge is -2.13. The molecule has 1 unspecified atom stereocenters. The Morgan fingerprint density at radius 1 is 1.50 bits per heavy atom. The Kier molecular flexibility index (Phi) is 5.88. The van der Waals surface area contributed by atoms with Gasteiger partial charge in [0.05, 0.1) is 16.6 Å². The van der Waals surface area contributed by atoms with Crippen LogP contribution in [0, 0.1) is 12.3 Å². The SMILES string of the molecule is C#CC(CCC)NC(=O)Nc1ccc(Cl)c(C(=O)O)c1. The van der Waals surface area contributed by atoms with Crippen molar-refractivity contribution >= 4 is 29.3 Å². The summed E-state index contributed by atoms with van der Waals surface area (Å²) in [7, 11) is 0. The molecule has 0 spiro atoms. The van der Waals surface area contributed by atoms with E-state index in [2.05, 4.69) is 16.6 Å². The molecule has 20 heavy (non-hydrogen) atoms. The minimum atomic E-state index is -1.16. The molecule has 3 N–H and O–H groups in total. The van der Waals surface area contributed by atoms with E-state index in [0.29, 0.717) is 12.1 Å². The molecule has 1 rings (SSSR count). The van der Waals surface area contributed by atoms with Gasteiger partial charge in [0, 0.05) is 5.69 Å². The molecule has 1 aromatic rings. The van der Waals surface area contributed by atoms with Crippen molar-refractivity contribution in [3.05, 3.63) is 28.8 Å². The molecule has 0 aliphatic rings. The van der Waals surface area contributed by atoms with Crippen LogP contribution in [0.25, 0.3) is 0 Å². The van der Waals surface area contributed by atoms with E-state index in [1.165, 1.54) is 18.2 Å². The maximum atomic E-state index is 11.7. The smallest absolute Gasteiger partial charge is 0.337 e. The second-order valence-electron chi connectivity index (χ2n) is 4.11. The number of anilines is 1. The van der Waals surface area contributed by atoms with Crippen molar-refractivity contribution in [1.29, 1.82) is 0 Å². The lowest BCUT2D eigenvalue weighted by atomic mass is 10.2. The topological polar surface area (TPSA) is 78.4 Å². The highest BCUT2D eigenvalue weighted by atomic mass is 35.5. The summed E-state index contributed by atoms with van der Waals surface area (Å²) < 4.78 is 0. The van der Waals surface area contributed by atoms with Crippen LogP contribution >= 0.6 is 11.6 Å². The molecule has 1 atom stereocenters. The number of hydrogen-bond acceptors (Lipinski definition) is 2. The average Bonchev–Trinajstić information content (AvgIpc) is 2.40. The standard InChI is InChI=1S/C14H15ClN2O3/c1-3-5-9(4-2)16-14(20)17-10-6-7-12(15)11(8-10)13(18)19/h2,6-9H,3,5H2,1H3,(H,18,19)(H2,16,17,20). The van der Waals surface area contributed by atoms with Crippen LogP contribution in [0.3, 0.4) is 0 Å². The second kappa shape index (κ2) is 7.41. The number of terminal acetylenes is 1. The van der Waals surface area contributed by atoms with E-state index in [0.717, 1.165) is 6.42 Å². The summed E-state index contributed by atoms with van der Waals surface area (Å²) in [6.07, 6.45) is 6.81. The first kappa shape index (κ1) is 15.9. The normalized spacial score (nSPS) is 11.2. The van der Waals surface area contributed by atoms with Crippen molar-refractivity contribution in [3.8, 4) is 12.3 Å². The number of halogens is 1. The maximum absolute atomic E-state index is 11.7. The Morgan fingerprint density at radius 3 is 2.75 bits per heavy atom. The predicted molar refractivity (Wildman–Crippen MR) is 78.1 cm³/mol. The number of rotatable bonds is 5. The van der Waals surface area contributed by atoms with Crippen LogP contribution in [-0.2, 0) is 0 Å². The summed E-state index contributed by atoms with van der Waals surface area (Å²) in [5.74, 6) is 1.31. The van der Waals surface area contributed by atoms with Crippen molar-refractivity contribution in [2.24, 2.45) is 0 Å². The van der Waals surface area contributed by atoms with Crippen molar-refractivity contribution in [2.75, 3.05) is 5.32 Å². The molecular formula is C14H15ClN2O3. The molecule has 0 heterocycles. The van der Waals surface area contributed by atoms with Crippen LogP contribution in [0.15, 0.2) is 18.2 Å². The molecule has 0 saturated carbocycles. The fourth-order valence-corrected chi connectivity index (χ4v) is 1.78. The molecule has 0 aromatic heterocycles. The first-order valence-electron chi connectivity index (χ1n) is 6.04. The van der Waals surface area contributed by atoms with Crippen LogP contribution < -0.4 is 10.6 Å². The lowest BCUT2D eigenvalue weighted by molar-refractivity contribution is 0.0697. The largest absolute Gasteiger partial charge is 0.478 e. The number of carboxylic acid groups (broad SMARTS) is 1. The highest BCUT2D eigenvalue weighted by Gasteiger charge is 2.12. The van der Waals surface area contributed by atoms with Crippen LogP contribution in [0.5, 0.6) is 0 Å². The summed E-state index contributed by atoms with van der Waals surface area (Å²) >= 11 is 5.74. The van der Waals surface area contributed by atoms with Gasteiger partial charge in [0.1, 0.15) is 0 Å². The predicted octanol–water partition coefficient (Wildman–Crippen LogP) is 2.96. The number of carbonyl (C=O) groups excluding carboxylic acids is 1. The lowest BCUT2D eigenvalue weighted by Crippen LogP contribution is -2.37. The van der Waals surface area contributed by atoms with Gasteiger partial charge in [0.2, 0.25) is 0 Å². The van der Waals surface area contributed by atoms with E-state index in [1.54, 1.807) is 0 Å². The zero-order valence-corrected chi connectivity index (χ0v) is 11.7. The molecule has 1 aromatic carbocycles. The quantitative estimate of drug-likeness (QED) is 0.731. The van der Waals surface area contributed by atoms with Gasteiger partial charge in [0.25, 0.3) is 0 Å². The summed E-state index contributed by atoms with van der Waals surface area (Å²) in [5, 5.41) is 14.2. The summed E-state index contributed by atoms with van der Waals surface area (Å²) in [6, 6.07) is 3.37. The van der Waals surface area contributed by atoms with Gasteiger partial charge >= 0.3 is 12.0 Å². The number of benzene rings is 1. The molecule has 2 amide bonds. The summed E-state index contributed by atoms with van der Waals surface area (Å²) in [4.78, 5) is 22.7. The number of carbonyl (C=O) groups is 2. The third kappa shape index (κ3) is 4.48.